The van der Waals surface area contributed by atoms with E-state index in [1.807, 2.05) is 0 Å². The van der Waals surface area contributed by atoms with Gasteiger partial charge in [0.15, 0.2) is 0 Å². The Hall–Kier alpha value is -2.90. The quantitative estimate of drug-likeness (QED) is 0.673. The van der Waals surface area contributed by atoms with Crippen molar-refractivity contribution in [2.45, 2.75) is 18.9 Å². The maximum atomic E-state index is 13.5. The van der Waals surface area contributed by atoms with Crippen molar-refractivity contribution >= 4 is 12.0 Å². The molecule has 1 unspecified atom stereocenters. The van der Waals surface area contributed by atoms with Gasteiger partial charge in [-0.2, -0.15) is 0 Å². The molecule has 24 heavy (non-hydrogen) atoms. The number of carbonyl (C=O) groups excluding carboxylic acids is 1. The number of nitrogens with zero attached hydrogens (tertiary/aromatic N) is 2. The number of nitrogens with one attached hydrogen (secondary N) is 2. The Morgan fingerprint density at radius 1 is 1.42 bits per heavy atom. The minimum atomic E-state index is -0.914. The summed E-state index contributed by atoms with van der Waals surface area (Å²) >= 11 is 0. The molecule has 0 aliphatic rings. The predicted octanol–water partition coefficient (Wildman–Crippen LogP) is 1.81. The third-order valence-corrected chi connectivity index (χ3v) is 3.43. The molecule has 1 aromatic carbocycles. The number of aryl methyl sites for hydroxylation is 1. The Morgan fingerprint density at radius 2 is 2.21 bits per heavy atom. The van der Waals surface area contributed by atoms with Crippen LogP contribution in [0.1, 0.15) is 30.3 Å². The summed E-state index contributed by atoms with van der Waals surface area (Å²) < 4.78 is 15.3. The summed E-state index contributed by atoms with van der Waals surface area (Å²) in [6, 6.07) is 4.83. The fourth-order valence-electron chi connectivity index (χ4n) is 2.26. The highest BCUT2D eigenvalue weighted by molar-refractivity contribution is 5.75. The predicted molar refractivity (Wildman–Crippen MR) is 84.9 cm³/mol. The molecule has 2 aromatic rings. The van der Waals surface area contributed by atoms with Crippen molar-refractivity contribution < 1.29 is 19.1 Å². The van der Waals surface area contributed by atoms with Gasteiger partial charge in [0.1, 0.15) is 17.7 Å². The molecule has 1 aromatic heterocycles. The van der Waals surface area contributed by atoms with Gasteiger partial charge in [-0.25, -0.2) is 14.2 Å². The maximum absolute atomic E-state index is 13.5. The highest BCUT2D eigenvalue weighted by Crippen LogP contribution is 2.21. The number of amides is 2. The van der Waals surface area contributed by atoms with Crippen molar-refractivity contribution in [1.82, 2.24) is 20.2 Å². The molecule has 8 heteroatoms. The van der Waals surface area contributed by atoms with E-state index in [-0.39, 0.29) is 13.0 Å². The van der Waals surface area contributed by atoms with Crippen LogP contribution in [-0.2, 0) is 11.8 Å². The van der Waals surface area contributed by atoms with Crippen LogP contribution in [-0.4, -0.2) is 33.2 Å². The van der Waals surface area contributed by atoms with Crippen LogP contribution in [0.25, 0.3) is 0 Å². The van der Waals surface area contributed by atoms with Gasteiger partial charge in [0.25, 0.3) is 0 Å². The van der Waals surface area contributed by atoms with Crippen LogP contribution in [0, 0.1) is 5.82 Å². The van der Waals surface area contributed by atoms with Crippen molar-refractivity contribution in [2.75, 3.05) is 6.54 Å². The molecule has 1 heterocycles. The fourth-order valence-corrected chi connectivity index (χ4v) is 2.26. The average Bonchev–Trinajstić information content (AvgIpc) is 2.95. The molecule has 0 aliphatic heterocycles. The van der Waals surface area contributed by atoms with Crippen molar-refractivity contribution in [3.63, 3.8) is 0 Å². The first-order valence-corrected chi connectivity index (χ1v) is 7.46. The second kappa shape index (κ2) is 8.09. The van der Waals surface area contributed by atoms with Crippen LogP contribution in [0.3, 0.4) is 0 Å². The number of urea groups is 1. The maximum Gasteiger partial charge on any atom is 0.315 e. The van der Waals surface area contributed by atoms with Gasteiger partial charge < -0.3 is 20.3 Å². The number of carboxylic acid groups (broad SMARTS) is 1. The van der Waals surface area contributed by atoms with E-state index in [1.165, 1.54) is 12.1 Å². The Morgan fingerprint density at radius 3 is 2.83 bits per heavy atom. The summed E-state index contributed by atoms with van der Waals surface area (Å²) in [5.74, 6) is -0.764. The fraction of sp³-hybridized carbons (Fsp3) is 0.312. The molecule has 0 aliphatic carbocycles. The van der Waals surface area contributed by atoms with Gasteiger partial charge in [0.05, 0.1) is 0 Å². The Bertz CT molecular complexity index is 717. The minimum absolute atomic E-state index is 0.0209. The Labute approximate surface area is 138 Å². The number of hydrogen-bond acceptors (Lipinski definition) is 3. The molecule has 1 atom stereocenters. The zero-order valence-electron chi connectivity index (χ0n) is 13.2. The number of halogens is 1. The summed E-state index contributed by atoms with van der Waals surface area (Å²) in [7, 11) is 1.78. The topological polar surface area (TPSA) is 96.3 Å². The van der Waals surface area contributed by atoms with Crippen molar-refractivity contribution in [3.8, 4) is 0 Å². The molecule has 0 saturated heterocycles. The number of aliphatic carboxylic acids is 1. The van der Waals surface area contributed by atoms with Crippen LogP contribution in [0.5, 0.6) is 0 Å². The zero-order chi connectivity index (χ0) is 17.5. The molecular weight excluding hydrogens is 315 g/mol. The van der Waals surface area contributed by atoms with Gasteiger partial charge in [-0.1, -0.05) is 12.1 Å². The van der Waals surface area contributed by atoms with E-state index in [9.17, 15) is 14.0 Å². The lowest BCUT2D eigenvalue weighted by Crippen LogP contribution is -2.39. The molecule has 3 N–H and O–H groups in total. The number of aromatic nitrogens is 2. The summed E-state index contributed by atoms with van der Waals surface area (Å²) in [5.41, 5.74) is 0.560. The normalized spacial score (nSPS) is 11.8. The van der Waals surface area contributed by atoms with E-state index in [0.29, 0.717) is 17.8 Å². The second-order valence-electron chi connectivity index (χ2n) is 5.28. The van der Waals surface area contributed by atoms with E-state index >= 15 is 0 Å². The third kappa shape index (κ3) is 4.80. The SMILES string of the molecule is Cn1ccnc1C(NC(=O)NCCCC(=O)O)c1cccc(F)c1. The van der Waals surface area contributed by atoms with Gasteiger partial charge >= 0.3 is 12.0 Å². The van der Waals surface area contributed by atoms with Crippen LogP contribution in [0.2, 0.25) is 0 Å². The van der Waals surface area contributed by atoms with Gasteiger partial charge in [-0.15, -0.1) is 0 Å². The molecule has 0 fully saturated rings. The molecule has 0 spiro atoms. The standard InChI is InChI=1S/C16H19FN4O3/c1-21-9-8-18-15(21)14(11-4-2-5-12(17)10-11)20-16(24)19-7-3-6-13(22)23/h2,4-5,8-10,14H,3,6-7H2,1H3,(H,22,23)(H2,19,20,24). The number of benzene rings is 1. The number of carboxylic acids is 1. The van der Waals surface area contributed by atoms with E-state index in [4.69, 9.17) is 5.11 Å². The smallest absolute Gasteiger partial charge is 0.315 e. The van der Waals surface area contributed by atoms with E-state index in [2.05, 4.69) is 15.6 Å². The third-order valence-electron chi connectivity index (χ3n) is 3.43. The largest absolute Gasteiger partial charge is 0.481 e. The first kappa shape index (κ1) is 17.5. The number of hydrogen-bond donors (Lipinski definition) is 3. The van der Waals surface area contributed by atoms with Gasteiger partial charge in [-0.05, 0) is 24.1 Å². The lowest BCUT2D eigenvalue weighted by atomic mass is 10.1. The minimum Gasteiger partial charge on any atom is -0.481 e. The Balaban J connectivity index is 2.08. The van der Waals surface area contributed by atoms with Crippen LogP contribution in [0.15, 0.2) is 36.7 Å². The molecule has 2 rings (SSSR count). The van der Waals surface area contributed by atoms with Crippen LogP contribution >= 0.6 is 0 Å². The molecule has 0 saturated carbocycles. The molecule has 0 bridgehead atoms. The lowest BCUT2D eigenvalue weighted by Gasteiger charge is -2.19. The van der Waals surface area contributed by atoms with Gasteiger partial charge in [0.2, 0.25) is 0 Å². The number of rotatable bonds is 7. The summed E-state index contributed by atoms with van der Waals surface area (Å²) in [6.07, 6.45) is 3.63. The van der Waals surface area contributed by atoms with Gasteiger partial charge in [-0.3, -0.25) is 4.79 Å². The van der Waals surface area contributed by atoms with Crippen molar-refractivity contribution in [1.29, 1.82) is 0 Å². The molecule has 0 radical (unpaired) electrons. The first-order chi connectivity index (χ1) is 11.5. The van der Waals surface area contributed by atoms with Gasteiger partial charge in [0, 0.05) is 32.4 Å². The highest BCUT2D eigenvalue weighted by Gasteiger charge is 2.21. The van der Waals surface area contributed by atoms with E-state index in [0.717, 1.165) is 0 Å². The molecule has 7 nitrogen and oxygen atoms in total. The van der Waals surface area contributed by atoms with Crippen LogP contribution < -0.4 is 10.6 Å². The summed E-state index contributed by atoms with van der Waals surface area (Å²) in [5, 5.41) is 13.9. The second-order valence-corrected chi connectivity index (χ2v) is 5.28. The molecule has 2 amide bonds. The van der Waals surface area contributed by atoms with E-state index in [1.54, 1.807) is 36.1 Å². The summed E-state index contributed by atoms with van der Waals surface area (Å²) in [6.45, 7) is 0.231. The number of carbonyl (C=O) groups is 2. The monoisotopic (exact) mass is 334 g/mol. The van der Waals surface area contributed by atoms with E-state index < -0.39 is 23.9 Å². The van der Waals surface area contributed by atoms with Crippen molar-refractivity contribution in [3.05, 3.63) is 53.9 Å². The summed E-state index contributed by atoms with van der Waals surface area (Å²) in [4.78, 5) is 26.7. The van der Waals surface area contributed by atoms with Crippen LogP contribution in [0.4, 0.5) is 9.18 Å². The molecule has 128 valence electrons. The molecular formula is C16H19FN4O3. The highest BCUT2D eigenvalue weighted by atomic mass is 19.1. The van der Waals surface area contributed by atoms with Crippen molar-refractivity contribution in [2.24, 2.45) is 7.05 Å². The first-order valence-electron chi connectivity index (χ1n) is 7.46. The lowest BCUT2D eigenvalue weighted by molar-refractivity contribution is -0.137. The number of imidazole rings is 1. The Kier molecular flexibility index (Phi) is 5.89. The zero-order valence-corrected chi connectivity index (χ0v) is 13.2. The average molecular weight is 334 g/mol.